The molecule has 0 saturated heterocycles. The van der Waals surface area contributed by atoms with Gasteiger partial charge in [0, 0.05) is 65.0 Å². The van der Waals surface area contributed by atoms with Gasteiger partial charge in [-0.25, -0.2) is 4.98 Å². The number of fused-ring (bicyclic) bond motifs is 11. The van der Waals surface area contributed by atoms with Crippen LogP contribution in [0.4, 0.5) is 17.1 Å². The first-order valence-electron chi connectivity index (χ1n) is 16.2. The monoisotopic (exact) mass is 648 g/mol. The summed E-state index contributed by atoms with van der Waals surface area (Å²) in [5.41, 5.74) is 8.83. The maximum atomic E-state index is 6.54. The van der Waals surface area contributed by atoms with Crippen molar-refractivity contribution in [2.75, 3.05) is 4.90 Å². The second-order valence-electron chi connectivity index (χ2n) is 12.3. The quantitative estimate of drug-likeness (QED) is 0.190. The number of nitrogens with zero attached hydrogens (tertiary/aromatic N) is 2. The number of anilines is 3. The smallest absolute Gasteiger partial charge is 0.227 e. The first-order chi connectivity index (χ1) is 24.2. The number of aromatic nitrogens is 1. The van der Waals surface area contributed by atoms with Gasteiger partial charge in [-0.15, -0.1) is 11.3 Å². The van der Waals surface area contributed by atoms with Gasteiger partial charge in [-0.3, -0.25) is 0 Å². The average molecular weight is 649 g/mol. The van der Waals surface area contributed by atoms with Gasteiger partial charge in [-0.2, -0.15) is 0 Å². The third-order valence-corrected chi connectivity index (χ3v) is 10.6. The van der Waals surface area contributed by atoms with E-state index in [9.17, 15) is 0 Å². The first-order valence-corrected chi connectivity index (χ1v) is 17.0. The highest BCUT2D eigenvalue weighted by atomic mass is 32.1. The number of thiophene rings is 1. The van der Waals surface area contributed by atoms with E-state index in [-0.39, 0.29) is 0 Å². The Kier molecular flexibility index (Phi) is 5.48. The van der Waals surface area contributed by atoms with Crippen molar-refractivity contribution in [2.24, 2.45) is 0 Å². The lowest BCUT2D eigenvalue weighted by molar-refractivity contribution is 0.622. The number of oxazole rings is 1. The molecule has 4 heterocycles. The topological polar surface area (TPSA) is 55.6 Å². The fourth-order valence-electron chi connectivity index (χ4n) is 7.23. The molecule has 0 spiro atoms. The maximum Gasteiger partial charge on any atom is 0.227 e. The average Bonchev–Trinajstić information content (AvgIpc) is 3.92. The molecule has 0 N–H and O–H groups in total. The Bertz CT molecular complexity index is 3070. The zero-order valence-corrected chi connectivity index (χ0v) is 26.7. The summed E-state index contributed by atoms with van der Waals surface area (Å²) < 4.78 is 21.7. The molecular weight excluding hydrogens is 625 g/mol. The molecule has 11 aromatic rings. The highest BCUT2D eigenvalue weighted by Gasteiger charge is 2.21. The van der Waals surface area contributed by atoms with E-state index in [1.54, 1.807) is 0 Å². The SMILES string of the molecule is c1ccc(-c2nc3ccc4oc5cc(N(c6ccc7c(c6)sc6ccccc67)c6ccc7oc8ccccc8c7c6)ccc5c4c3o2)cc1. The summed E-state index contributed by atoms with van der Waals surface area (Å²) >= 11 is 1.82. The predicted octanol–water partition coefficient (Wildman–Crippen LogP) is 13.1. The van der Waals surface area contributed by atoms with E-state index >= 15 is 0 Å². The van der Waals surface area contributed by atoms with Crippen molar-refractivity contribution < 1.29 is 13.3 Å². The van der Waals surface area contributed by atoms with Gasteiger partial charge in [0.1, 0.15) is 27.8 Å². The Morgan fingerprint density at radius 3 is 2.04 bits per heavy atom. The third-order valence-electron chi connectivity index (χ3n) is 9.49. The highest BCUT2D eigenvalue weighted by molar-refractivity contribution is 7.25. The highest BCUT2D eigenvalue weighted by Crippen LogP contribution is 2.44. The van der Waals surface area contributed by atoms with Gasteiger partial charge in [-0.05, 0) is 78.9 Å². The van der Waals surface area contributed by atoms with Crippen LogP contribution < -0.4 is 4.90 Å². The number of benzene rings is 7. The van der Waals surface area contributed by atoms with Gasteiger partial charge >= 0.3 is 0 Å². The standard InChI is InChI=1S/C43H24N2O3S/c1-2-8-25(9-3-1)43-44-34-19-21-37-41(42(34)48-43)32-18-15-27(23-38(32)47-37)45(26-16-20-36-33(22-26)29-10-4-6-12-35(29)46-36)28-14-17-31-30-11-5-7-13-39(30)49-40(31)24-28/h1-24H. The summed E-state index contributed by atoms with van der Waals surface area (Å²) in [6, 6.07) is 50.4. The number of rotatable bonds is 4. The van der Waals surface area contributed by atoms with Gasteiger partial charge in [-0.1, -0.05) is 60.7 Å². The van der Waals surface area contributed by atoms with Gasteiger partial charge in [0.15, 0.2) is 5.58 Å². The minimum Gasteiger partial charge on any atom is -0.456 e. The molecule has 0 saturated carbocycles. The largest absolute Gasteiger partial charge is 0.456 e. The number of hydrogen-bond acceptors (Lipinski definition) is 6. The van der Waals surface area contributed by atoms with Crippen molar-refractivity contribution in [3.05, 3.63) is 146 Å². The Labute approximate surface area is 282 Å². The van der Waals surface area contributed by atoms with E-state index < -0.39 is 0 Å². The Morgan fingerprint density at radius 1 is 0.449 bits per heavy atom. The summed E-state index contributed by atoms with van der Waals surface area (Å²) in [5.74, 6) is 0.596. The lowest BCUT2D eigenvalue weighted by atomic mass is 10.1. The van der Waals surface area contributed by atoms with Crippen LogP contribution in [0, 0.1) is 0 Å². The molecular formula is C43H24N2O3S. The summed E-state index contributed by atoms with van der Waals surface area (Å²) in [4.78, 5) is 7.10. The predicted molar refractivity (Wildman–Crippen MR) is 202 cm³/mol. The van der Waals surface area contributed by atoms with Crippen LogP contribution in [0.2, 0.25) is 0 Å². The summed E-state index contributed by atoms with van der Waals surface area (Å²) in [5, 5.41) is 6.63. The van der Waals surface area contributed by atoms with Crippen molar-refractivity contribution in [3.63, 3.8) is 0 Å². The molecule has 0 aliphatic rings. The van der Waals surface area contributed by atoms with Gasteiger partial charge in [0.05, 0.1) is 5.39 Å². The Hall–Kier alpha value is -6.37. The van der Waals surface area contributed by atoms with E-state index in [0.717, 1.165) is 77.6 Å². The van der Waals surface area contributed by atoms with E-state index in [2.05, 4.69) is 95.9 Å². The van der Waals surface area contributed by atoms with Crippen LogP contribution >= 0.6 is 11.3 Å². The molecule has 0 aliphatic heterocycles. The lowest BCUT2D eigenvalue weighted by Gasteiger charge is -2.25. The van der Waals surface area contributed by atoms with Crippen LogP contribution in [0.1, 0.15) is 0 Å². The molecule has 49 heavy (non-hydrogen) atoms. The summed E-state index contributed by atoms with van der Waals surface area (Å²) in [6.45, 7) is 0. The van der Waals surface area contributed by atoms with Crippen LogP contribution in [0.5, 0.6) is 0 Å². The first kappa shape index (κ1) is 26.7. The maximum absolute atomic E-state index is 6.54. The van der Waals surface area contributed by atoms with Crippen LogP contribution in [0.3, 0.4) is 0 Å². The summed E-state index contributed by atoms with van der Waals surface area (Å²) in [6.07, 6.45) is 0. The molecule has 6 heteroatoms. The number of para-hydroxylation sites is 1. The molecule has 230 valence electrons. The van der Waals surface area contributed by atoms with Crippen LogP contribution in [0.25, 0.3) is 86.6 Å². The molecule has 5 nitrogen and oxygen atoms in total. The van der Waals surface area contributed by atoms with E-state index in [4.69, 9.17) is 18.2 Å². The van der Waals surface area contributed by atoms with Crippen molar-refractivity contribution in [3.8, 4) is 11.5 Å². The van der Waals surface area contributed by atoms with Gasteiger partial charge < -0.3 is 18.2 Å². The normalized spacial score (nSPS) is 12.1. The van der Waals surface area contributed by atoms with Crippen LogP contribution in [-0.4, -0.2) is 4.98 Å². The minimum absolute atomic E-state index is 0.596. The molecule has 0 atom stereocenters. The molecule has 0 fully saturated rings. The van der Waals surface area contributed by atoms with Crippen molar-refractivity contribution in [2.45, 2.75) is 0 Å². The van der Waals surface area contributed by atoms with E-state index in [1.807, 2.05) is 65.9 Å². The lowest BCUT2D eigenvalue weighted by Crippen LogP contribution is -2.09. The fourth-order valence-corrected chi connectivity index (χ4v) is 8.37. The van der Waals surface area contributed by atoms with E-state index in [1.165, 1.54) is 20.2 Å². The summed E-state index contributed by atoms with van der Waals surface area (Å²) in [7, 11) is 0. The van der Waals surface area contributed by atoms with Crippen LogP contribution in [0.15, 0.2) is 159 Å². The Balaban J connectivity index is 1.12. The van der Waals surface area contributed by atoms with Crippen molar-refractivity contribution >= 4 is 104 Å². The molecule has 0 amide bonds. The molecule has 0 aliphatic carbocycles. The number of hydrogen-bond donors (Lipinski definition) is 0. The molecule has 0 unspecified atom stereocenters. The molecule has 4 aromatic heterocycles. The Morgan fingerprint density at radius 2 is 1.12 bits per heavy atom. The second-order valence-corrected chi connectivity index (χ2v) is 13.4. The molecule has 11 rings (SSSR count). The van der Waals surface area contributed by atoms with Crippen molar-refractivity contribution in [1.82, 2.24) is 4.98 Å². The minimum atomic E-state index is 0.596. The van der Waals surface area contributed by atoms with Gasteiger partial charge in [0.2, 0.25) is 5.89 Å². The number of furan rings is 2. The fraction of sp³-hybridized carbons (Fsp3) is 0. The van der Waals surface area contributed by atoms with Crippen molar-refractivity contribution in [1.29, 1.82) is 0 Å². The zero-order chi connectivity index (χ0) is 32.1. The second kappa shape index (κ2) is 10.1. The van der Waals surface area contributed by atoms with E-state index in [0.29, 0.717) is 5.89 Å². The van der Waals surface area contributed by atoms with Crippen LogP contribution in [-0.2, 0) is 0 Å². The molecule has 0 bridgehead atoms. The third kappa shape index (κ3) is 4.01. The molecule has 7 aromatic carbocycles. The van der Waals surface area contributed by atoms with Gasteiger partial charge in [0.25, 0.3) is 0 Å². The molecule has 0 radical (unpaired) electrons. The zero-order valence-electron chi connectivity index (χ0n) is 25.9.